The summed E-state index contributed by atoms with van der Waals surface area (Å²) in [6.07, 6.45) is 0.453. The van der Waals surface area contributed by atoms with Gasteiger partial charge in [-0.3, -0.25) is 4.79 Å². The predicted octanol–water partition coefficient (Wildman–Crippen LogP) is 2.97. The smallest absolute Gasteiger partial charge is 0.246 e. The summed E-state index contributed by atoms with van der Waals surface area (Å²) < 4.78 is 23.7. The Morgan fingerprint density at radius 2 is 1.80 bits per heavy atom. The van der Waals surface area contributed by atoms with E-state index in [1.165, 1.54) is 0 Å². The van der Waals surface area contributed by atoms with Crippen molar-refractivity contribution in [1.82, 2.24) is 0 Å². The number of nitrogens with one attached hydrogen (secondary N) is 1. The van der Waals surface area contributed by atoms with Crippen LogP contribution in [0.2, 0.25) is 5.02 Å². The molecule has 2 aromatic rings. The van der Waals surface area contributed by atoms with Crippen molar-refractivity contribution in [1.29, 1.82) is 0 Å². The van der Waals surface area contributed by atoms with E-state index >= 15 is 0 Å². The lowest BCUT2D eigenvalue weighted by Gasteiger charge is -2.28. The van der Waals surface area contributed by atoms with Crippen LogP contribution in [0, 0.1) is 0 Å². The van der Waals surface area contributed by atoms with Crippen molar-refractivity contribution in [3.8, 4) is 0 Å². The number of carbonyl (C=O) groups is 1. The molecule has 0 bridgehead atoms. The molecule has 0 aliphatic carbocycles. The number of hydrogen-bond donors (Lipinski definition) is 1. The molecule has 132 valence electrons. The van der Waals surface area contributed by atoms with E-state index in [0.717, 1.165) is 0 Å². The van der Waals surface area contributed by atoms with Crippen LogP contribution in [0.5, 0.6) is 0 Å². The predicted molar refractivity (Wildman–Crippen MR) is 101 cm³/mol. The zero-order valence-corrected chi connectivity index (χ0v) is 15.1. The Bertz CT molecular complexity index is 856. The molecule has 0 unspecified atom stereocenters. The number of hydrogen-bond acceptors (Lipinski definition) is 4. The second kappa shape index (κ2) is 7.45. The van der Waals surface area contributed by atoms with Crippen LogP contribution in [0.3, 0.4) is 0 Å². The van der Waals surface area contributed by atoms with Gasteiger partial charge in [-0.2, -0.15) is 0 Å². The minimum Gasteiger partial charge on any atom is -0.375 e. The Balaban J connectivity index is 1.79. The lowest BCUT2D eigenvalue weighted by molar-refractivity contribution is -0.117. The summed E-state index contributed by atoms with van der Waals surface area (Å²) in [5.74, 6) is -0.0698. The third kappa shape index (κ3) is 4.32. The first-order valence-electron chi connectivity index (χ1n) is 8.02. The van der Waals surface area contributed by atoms with Gasteiger partial charge in [-0.05, 0) is 30.7 Å². The van der Waals surface area contributed by atoms with Gasteiger partial charge in [-0.25, -0.2) is 8.42 Å². The fourth-order valence-electron chi connectivity index (χ4n) is 2.99. The van der Waals surface area contributed by atoms with Crippen molar-refractivity contribution in [2.75, 3.05) is 28.3 Å². The van der Waals surface area contributed by atoms with Gasteiger partial charge >= 0.3 is 0 Å². The monoisotopic (exact) mass is 378 g/mol. The first-order chi connectivity index (χ1) is 12.0. The number of amides is 1. The zero-order valence-electron chi connectivity index (χ0n) is 13.6. The van der Waals surface area contributed by atoms with Crippen molar-refractivity contribution >= 4 is 38.7 Å². The molecule has 1 atom stereocenters. The highest BCUT2D eigenvalue weighted by atomic mass is 35.5. The summed E-state index contributed by atoms with van der Waals surface area (Å²) in [5, 5.41) is 3.57. The lowest BCUT2D eigenvalue weighted by atomic mass is 10.1. The Hall–Kier alpha value is -2.05. The van der Waals surface area contributed by atoms with Gasteiger partial charge in [0.2, 0.25) is 5.91 Å². The summed E-state index contributed by atoms with van der Waals surface area (Å²) in [5.41, 5.74) is 1.38. The Kier molecular flexibility index (Phi) is 5.30. The van der Waals surface area contributed by atoms with Crippen LogP contribution < -0.4 is 10.2 Å². The van der Waals surface area contributed by atoms with E-state index in [2.05, 4.69) is 5.32 Å². The van der Waals surface area contributed by atoms with Gasteiger partial charge in [0, 0.05) is 5.69 Å². The van der Waals surface area contributed by atoms with Crippen LogP contribution in [0.4, 0.5) is 11.4 Å². The van der Waals surface area contributed by atoms with Gasteiger partial charge in [0.25, 0.3) is 0 Å². The van der Waals surface area contributed by atoms with Crippen molar-refractivity contribution in [3.05, 3.63) is 59.6 Å². The molecular weight excluding hydrogens is 360 g/mol. The average molecular weight is 379 g/mol. The molecule has 0 radical (unpaired) electrons. The maximum atomic E-state index is 12.9. The van der Waals surface area contributed by atoms with Crippen LogP contribution in [-0.4, -0.2) is 38.4 Å². The van der Waals surface area contributed by atoms with Gasteiger partial charge in [-0.1, -0.05) is 41.9 Å². The standard InChI is InChI=1S/C18H19ClN2O3S/c19-16-8-4-5-9-17(16)20-12-18(22)21(14-6-2-1-3-7-14)15-10-11-25(23,24)13-15/h1-9,15,20H,10-13H2/t15-/m0/s1. The molecule has 1 amide bonds. The molecule has 0 spiro atoms. The third-order valence-corrected chi connectivity index (χ3v) is 6.26. The molecule has 25 heavy (non-hydrogen) atoms. The van der Waals surface area contributed by atoms with Gasteiger partial charge in [0.1, 0.15) is 0 Å². The van der Waals surface area contributed by atoms with E-state index in [1.54, 1.807) is 17.0 Å². The Labute approximate surface area is 152 Å². The maximum Gasteiger partial charge on any atom is 0.246 e. The van der Waals surface area contributed by atoms with Crippen molar-refractivity contribution in [2.45, 2.75) is 12.5 Å². The topological polar surface area (TPSA) is 66.5 Å². The number of para-hydroxylation sites is 2. The first-order valence-corrected chi connectivity index (χ1v) is 10.2. The lowest BCUT2D eigenvalue weighted by Crippen LogP contribution is -2.44. The molecule has 0 saturated carbocycles. The SMILES string of the molecule is O=C(CNc1ccccc1Cl)N(c1ccccc1)[C@H]1CCS(=O)(=O)C1. The van der Waals surface area contributed by atoms with Crippen LogP contribution in [-0.2, 0) is 14.6 Å². The summed E-state index contributed by atoms with van der Waals surface area (Å²) in [6.45, 7) is 0.0369. The molecule has 1 aliphatic rings. The summed E-state index contributed by atoms with van der Waals surface area (Å²) >= 11 is 6.10. The number of rotatable bonds is 5. The van der Waals surface area contributed by atoms with E-state index in [-0.39, 0.29) is 30.0 Å². The molecular formula is C18H19ClN2O3S. The van der Waals surface area contributed by atoms with Crippen LogP contribution >= 0.6 is 11.6 Å². The minimum absolute atomic E-state index is 0.000270. The Morgan fingerprint density at radius 3 is 2.44 bits per heavy atom. The molecule has 1 saturated heterocycles. The van der Waals surface area contributed by atoms with Crippen LogP contribution in [0.15, 0.2) is 54.6 Å². The van der Waals surface area contributed by atoms with E-state index in [1.807, 2.05) is 42.5 Å². The van der Waals surface area contributed by atoms with E-state index in [9.17, 15) is 13.2 Å². The molecule has 1 N–H and O–H groups in total. The number of anilines is 2. The molecule has 7 heteroatoms. The highest BCUT2D eigenvalue weighted by Gasteiger charge is 2.35. The second-order valence-electron chi connectivity index (χ2n) is 5.99. The molecule has 1 fully saturated rings. The van der Waals surface area contributed by atoms with Crippen molar-refractivity contribution in [2.24, 2.45) is 0 Å². The van der Waals surface area contributed by atoms with Crippen LogP contribution in [0.25, 0.3) is 0 Å². The highest BCUT2D eigenvalue weighted by Crippen LogP contribution is 2.25. The second-order valence-corrected chi connectivity index (χ2v) is 8.63. The zero-order chi connectivity index (χ0) is 17.9. The number of sulfone groups is 1. The quantitative estimate of drug-likeness (QED) is 0.868. The summed E-state index contributed by atoms with van der Waals surface area (Å²) in [7, 11) is -3.09. The average Bonchev–Trinajstić information content (AvgIpc) is 2.95. The molecule has 1 aliphatic heterocycles. The molecule has 5 nitrogen and oxygen atoms in total. The molecule has 1 heterocycles. The summed E-state index contributed by atoms with van der Waals surface area (Å²) in [6, 6.07) is 16.0. The number of halogens is 1. The molecule has 3 rings (SSSR count). The third-order valence-electron chi connectivity index (χ3n) is 4.18. The van der Waals surface area contributed by atoms with Gasteiger partial charge in [0.05, 0.1) is 34.8 Å². The largest absolute Gasteiger partial charge is 0.375 e. The molecule has 0 aromatic heterocycles. The maximum absolute atomic E-state index is 12.9. The number of carbonyl (C=O) groups excluding carboxylic acids is 1. The molecule has 2 aromatic carbocycles. The van der Waals surface area contributed by atoms with E-state index < -0.39 is 9.84 Å². The van der Waals surface area contributed by atoms with Gasteiger partial charge in [-0.15, -0.1) is 0 Å². The van der Waals surface area contributed by atoms with E-state index in [4.69, 9.17) is 11.6 Å². The Morgan fingerprint density at radius 1 is 1.12 bits per heavy atom. The fraction of sp³-hybridized carbons (Fsp3) is 0.278. The number of benzene rings is 2. The van der Waals surface area contributed by atoms with Gasteiger partial charge < -0.3 is 10.2 Å². The normalized spacial score (nSPS) is 18.7. The van der Waals surface area contributed by atoms with Crippen LogP contribution in [0.1, 0.15) is 6.42 Å². The minimum atomic E-state index is -3.09. The van der Waals surface area contributed by atoms with Crippen molar-refractivity contribution < 1.29 is 13.2 Å². The highest BCUT2D eigenvalue weighted by molar-refractivity contribution is 7.91. The first kappa shape index (κ1) is 17.8. The fourth-order valence-corrected chi connectivity index (χ4v) is 4.89. The number of nitrogens with zero attached hydrogens (tertiary/aromatic N) is 1. The van der Waals surface area contributed by atoms with E-state index in [0.29, 0.717) is 22.8 Å². The van der Waals surface area contributed by atoms with Gasteiger partial charge in [0.15, 0.2) is 9.84 Å². The summed E-state index contributed by atoms with van der Waals surface area (Å²) in [4.78, 5) is 14.4. The van der Waals surface area contributed by atoms with Crippen molar-refractivity contribution in [3.63, 3.8) is 0 Å².